The molecule has 0 radical (unpaired) electrons. The standard InChI is InChI=1S/C63H48BN5O/c1-62(2,3)39-21-25-41(26-22-39)66(42-27-23-40(24-28-42)63(4,5)6)43-30-32-49-54(35-43)67(44-29-31-47-46-14-8-10-20-57(46)70-58(47)36-44)55-33-38(37-65)34-56-59(55)64(49)50-16-12-19-53-61(50)69(56)52-18-11-15-48-45-13-7-9-17-51(45)68(53)60(48)52/h7-36H,1-6H3. The number of rotatable bonds is 4. The molecule has 0 saturated carbocycles. The van der Waals surface area contributed by atoms with Crippen molar-refractivity contribution in [1.29, 1.82) is 5.26 Å². The topological polar surface area (TPSA) is 51.6 Å². The van der Waals surface area contributed by atoms with E-state index in [4.69, 9.17) is 4.42 Å². The van der Waals surface area contributed by atoms with Crippen LogP contribution in [0.5, 0.6) is 0 Å². The van der Waals surface area contributed by atoms with Crippen LogP contribution < -0.4 is 31.1 Å². The van der Waals surface area contributed by atoms with Crippen molar-refractivity contribution in [3.8, 4) is 11.8 Å². The lowest BCUT2D eigenvalue weighted by Gasteiger charge is -2.46. The first-order valence-corrected chi connectivity index (χ1v) is 24.3. The van der Waals surface area contributed by atoms with Crippen molar-refractivity contribution in [2.45, 2.75) is 52.4 Å². The molecule has 0 saturated heterocycles. The fourth-order valence-corrected chi connectivity index (χ4v) is 11.9. The Morgan fingerprint density at radius 2 is 1.10 bits per heavy atom. The summed E-state index contributed by atoms with van der Waals surface area (Å²) in [5.41, 5.74) is 21.4. The third-order valence-electron chi connectivity index (χ3n) is 15.2. The molecule has 3 aliphatic rings. The van der Waals surface area contributed by atoms with E-state index in [1.54, 1.807) is 0 Å². The summed E-state index contributed by atoms with van der Waals surface area (Å²) in [5, 5.41) is 15.6. The number of nitriles is 1. The molecule has 3 aliphatic heterocycles. The van der Waals surface area contributed by atoms with Gasteiger partial charge in [-0.15, -0.1) is 0 Å². The SMILES string of the molecule is CC(C)(C)c1ccc(N(c2ccc(C(C)(C)C)cc2)c2ccc3c(c2)N(c2ccc4c(c2)oc2ccccc24)c2cc(C#N)cc4c2B3c2cccc3c2N4c2cccc4c5ccccc5n-3c24)cc1. The number of aromatic nitrogens is 1. The highest BCUT2D eigenvalue weighted by molar-refractivity contribution is 7.00. The van der Waals surface area contributed by atoms with Crippen LogP contribution in [0, 0.1) is 11.3 Å². The molecule has 0 aliphatic carbocycles. The van der Waals surface area contributed by atoms with Crippen LogP contribution in [0.25, 0.3) is 49.4 Å². The zero-order valence-electron chi connectivity index (χ0n) is 40.0. The maximum Gasteiger partial charge on any atom is 0.252 e. The van der Waals surface area contributed by atoms with Gasteiger partial charge in [0, 0.05) is 67.4 Å². The van der Waals surface area contributed by atoms with Crippen LogP contribution in [0.1, 0.15) is 58.2 Å². The monoisotopic (exact) mass is 901 g/mol. The predicted molar refractivity (Wildman–Crippen MR) is 292 cm³/mol. The van der Waals surface area contributed by atoms with Gasteiger partial charge in [0.15, 0.2) is 0 Å². The zero-order chi connectivity index (χ0) is 47.4. The first kappa shape index (κ1) is 40.6. The van der Waals surface area contributed by atoms with Gasteiger partial charge in [-0.25, -0.2) is 0 Å². The second-order valence-electron chi connectivity index (χ2n) is 21.3. The molecule has 6 nitrogen and oxygen atoms in total. The summed E-state index contributed by atoms with van der Waals surface area (Å²) in [5.74, 6) is 0. The van der Waals surface area contributed by atoms with E-state index >= 15 is 0 Å². The number of para-hydroxylation sites is 4. The van der Waals surface area contributed by atoms with E-state index in [9.17, 15) is 5.26 Å². The Kier molecular flexibility index (Phi) is 8.29. The summed E-state index contributed by atoms with van der Waals surface area (Å²) >= 11 is 0. The highest BCUT2D eigenvalue weighted by Crippen LogP contribution is 2.53. The van der Waals surface area contributed by atoms with E-state index in [1.165, 1.54) is 49.3 Å². The van der Waals surface area contributed by atoms with Crippen molar-refractivity contribution in [2.24, 2.45) is 0 Å². The number of fused-ring (bicyclic) bond motifs is 12. The van der Waals surface area contributed by atoms with E-state index in [0.717, 1.165) is 78.8 Å². The summed E-state index contributed by atoms with van der Waals surface area (Å²) in [6, 6.07) is 69.1. The second kappa shape index (κ2) is 14.3. The van der Waals surface area contributed by atoms with E-state index in [-0.39, 0.29) is 17.5 Å². The van der Waals surface area contributed by atoms with E-state index in [0.29, 0.717) is 5.56 Å². The zero-order valence-corrected chi connectivity index (χ0v) is 40.0. The fourth-order valence-electron chi connectivity index (χ4n) is 11.9. The number of anilines is 9. The van der Waals surface area contributed by atoms with Gasteiger partial charge in [0.2, 0.25) is 0 Å². The number of furan rings is 1. The highest BCUT2D eigenvalue weighted by Gasteiger charge is 2.46. The van der Waals surface area contributed by atoms with Crippen LogP contribution in [-0.4, -0.2) is 11.3 Å². The molecule has 0 amide bonds. The Balaban J connectivity index is 1.06. The minimum Gasteiger partial charge on any atom is -0.456 e. The molecule has 70 heavy (non-hydrogen) atoms. The van der Waals surface area contributed by atoms with Crippen molar-refractivity contribution in [2.75, 3.05) is 14.7 Å². The second-order valence-corrected chi connectivity index (χ2v) is 21.3. The maximum absolute atomic E-state index is 11.0. The quantitative estimate of drug-likeness (QED) is 0.165. The Labute approximate surface area is 407 Å². The fraction of sp³-hybridized carbons (Fsp3) is 0.127. The third-order valence-corrected chi connectivity index (χ3v) is 15.2. The van der Waals surface area contributed by atoms with Gasteiger partial charge in [0.25, 0.3) is 6.71 Å². The molecule has 14 rings (SSSR count). The smallest absolute Gasteiger partial charge is 0.252 e. The first-order valence-electron chi connectivity index (χ1n) is 24.3. The predicted octanol–water partition coefficient (Wildman–Crippen LogP) is 15.0. The van der Waals surface area contributed by atoms with Crippen LogP contribution in [0.2, 0.25) is 0 Å². The van der Waals surface area contributed by atoms with Crippen molar-refractivity contribution in [1.82, 2.24) is 4.57 Å². The van der Waals surface area contributed by atoms with Gasteiger partial charge in [-0.1, -0.05) is 133 Å². The molecular weight excluding hydrogens is 854 g/mol. The molecule has 0 spiro atoms. The van der Waals surface area contributed by atoms with Gasteiger partial charge >= 0.3 is 0 Å². The lowest BCUT2D eigenvalue weighted by atomic mass is 9.33. The molecule has 7 heteroatoms. The average Bonchev–Trinajstić information content (AvgIpc) is 3.92. The van der Waals surface area contributed by atoms with Gasteiger partial charge in [0.05, 0.1) is 39.7 Å². The van der Waals surface area contributed by atoms with Crippen LogP contribution in [0.15, 0.2) is 186 Å². The van der Waals surface area contributed by atoms with Crippen molar-refractivity contribution in [3.05, 3.63) is 199 Å². The van der Waals surface area contributed by atoms with Crippen molar-refractivity contribution < 1.29 is 4.42 Å². The van der Waals surface area contributed by atoms with E-state index in [1.807, 2.05) is 12.1 Å². The van der Waals surface area contributed by atoms with Crippen LogP contribution in [0.4, 0.5) is 51.2 Å². The lowest BCUT2D eigenvalue weighted by Crippen LogP contribution is -2.61. The number of hydrogen-bond acceptors (Lipinski definition) is 5. The summed E-state index contributed by atoms with van der Waals surface area (Å²) in [6.45, 7) is 13.4. The minimum absolute atomic E-state index is 0.00818. The Bertz CT molecular complexity index is 4010. The van der Waals surface area contributed by atoms with Crippen LogP contribution >= 0.6 is 0 Å². The molecule has 11 aromatic rings. The van der Waals surface area contributed by atoms with Crippen LogP contribution in [-0.2, 0) is 10.8 Å². The van der Waals surface area contributed by atoms with Gasteiger partial charge in [-0.2, -0.15) is 5.26 Å². The first-order chi connectivity index (χ1) is 33.9. The average molecular weight is 902 g/mol. The summed E-state index contributed by atoms with van der Waals surface area (Å²) < 4.78 is 9.08. The van der Waals surface area contributed by atoms with Crippen molar-refractivity contribution >= 4 is 118 Å². The largest absolute Gasteiger partial charge is 0.456 e. The molecule has 9 aromatic carbocycles. The summed E-state index contributed by atoms with van der Waals surface area (Å²) in [7, 11) is 0. The Hall–Kier alpha value is -8.47. The van der Waals surface area contributed by atoms with E-state index < -0.39 is 0 Å². The number of hydrogen-bond donors (Lipinski definition) is 0. The summed E-state index contributed by atoms with van der Waals surface area (Å²) in [4.78, 5) is 7.23. The lowest BCUT2D eigenvalue weighted by molar-refractivity contribution is 0.590. The molecule has 0 N–H and O–H groups in total. The Morgan fingerprint density at radius 3 is 1.81 bits per heavy atom. The molecule has 0 bridgehead atoms. The highest BCUT2D eigenvalue weighted by atomic mass is 16.3. The molecule has 334 valence electrons. The van der Waals surface area contributed by atoms with Gasteiger partial charge in [-0.05, 0) is 123 Å². The van der Waals surface area contributed by atoms with Gasteiger partial charge < -0.3 is 23.7 Å². The van der Waals surface area contributed by atoms with Gasteiger partial charge in [-0.3, -0.25) is 0 Å². The minimum atomic E-state index is -0.146. The van der Waals surface area contributed by atoms with E-state index in [2.05, 4.69) is 237 Å². The number of nitrogens with zero attached hydrogens (tertiary/aromatic N) is 5. The normalized spacial score (nSPS) is 13.5. The molecule has 5 heterocycles. The molecule has 0 unspecified atom stereocenters. The van der Waals surface area contributed by atoms with Gasteiger partial charge in [0.1, 0.15) is 11.2 Å². The van der Waals surface area contributed by atoms with Crippen molar-refractivity contribution in [3.63, 3.8) is 0 Å². The molecule has 0 atom stereocenters. The number of benzene rings is 9. The molecule has 0 fully saturated rings. The third kappa shape index (κ3) is 5.68. The van der Waals surface area contributed by atoms with Crippen LogP contribution in [0.3, 0.4) is 0 Å². The summed E-state index contributed by atoms with van der Waals surface area (Å²) in [6.07, 6.45) is 0. The maximum atomic E-state index is 11.0. The molecular formula is C63H48BN5O. The Morgan fingerprint density at radius 1 is 0.486 bits per heavy atom. The molecule has 2 aromatic heterocycles.